The summed E-state index contributed by atoms with van der Waals surface area (Å²) >= 11 is 9.79. The van der Waals surface area contributed by atoms with Crippen molar-refractivity contribution < 1.29 is 23.4 Å². The van der Waals surface area contributed by atoms with Gasteiger partial charge in [-0.2, -0.15) is 0 Å². The zero-order valence-electron chi connectivity index (χ0n) is 15.1. The van der Waals surface area contributed by atoms with Crippen molar-refractivity contribution in [3.8, 4) is 5.75 Å². The van der Waals surface area contributed by atoms with Gasteiger partial charge in [0.2, 0.25) is 0 Å². The number of nitrogens with zero attached hydrogens (tertiary/aromatic N) is 2. The Morgan fingerprint density at radius 2 is 1.86 bits per heavy atom. The van der Waals surface area contributed by atoms with Crippen LogP contribution >= 0.6 is 23.2 Å². The minimum atomic E-state index is -2.15. The molecule has 3 N–H and O–H groups in total. The molecule has 1 fully saturated rings. The lowest BCUT2D eigenvalue weighted by atomic mass is 10.3. The standard InChI is InChI=1S/C18H19Cl2N3O5S/c19-16-6-3-13(9-17(16)20)23-8-7-22(18(23)25)10-14(24)11-28-15-4-1-12(2-5-15)21-29(26)27/h1-6,9,14,21,24H,7-8,10-11H2,(H,26,27)/t14-/m0/s1. The zero-order chi connectivity index (χ0) is 21.0. The van der Waals surface area contributed by atoms with Gasteiger partial charge in [0.1, 0.15) is 18.5 Å². The minimum Gasteiger partial charge on any atom is -0.491 e. The van der Waals surface area contributed by atoms with E-state index in [1.54, 1.807) is 52.3 Å². The minimum absolute atomic E-state index is 0.00470. The predicted molar refractivity (Wildman–Crippen MR) is 113 cm³/mol. The number of carbonyl (C=O) groups is 1. The highest BCUT2D eigenvalue weighted by atomic mass is 35.5. The van der Waals surface area contributed by atoms with E-state index < -0.39 is 17.4 Å². The molecule has 2 aromatic carbocycles. The van der Waals surface area contributed by atoms with Crippen LogP contribution in [0.3, 0.4) is 0 Å². The molecule has 2 atom stereocenters. The summed E-state index contributed by atoms with van der Waals surface area (Å²) in [5.41, 5.74) is 1.11. The largest absolute Gasteiger partial charge is 0.491 e. The number of aliphatic hydroxyl groups excluding tert-OH is 1. The molecular weight excluding hydrogens is 441 g/mol. The molecule has 0 spiro atoms. The third-order valence-electron chi connectivity index (χ3n) is 4.24. The maximum absolute atomic E-state index is 12.6. The van der Waals surface area contributed by atoms with Crippen LogP contribution in [0.15, 0.2) is 42.5 Å². The Balaban J connectivity index is 1.50. The molecule has 156 valence electrons. The average Bonchev–Trinajstić information content (AvgIpc) is 3.03. The van der Waals surface area contributed by atoms with Crippen LogP contribution in [0.5, 0.6) is 5.75 Å². The molecule has 8 nitrogen and oxygen atoms in total. The molecule has 1 aliphatic rings. The number of β-amino-alcohol motifs (C(OH)–C–C–N with tert-alkyl or cyclic N) is 1. The van der Waals surface area contributed by atoms with Crippen molar-refractivity contribution in [1.82, 2.24) is 4.90 Å². The SMILES string of the molecule is O=C1N(C[C@H](O)COc2ccc(NS(=O)O)cc2)CCN1c1ccc(Cl)c(Cl)c1. The van der Waals surface area contributed by atoms with Crippen molar-refractivity contribution in [2.24, 2.45) is 0 Å². The summed E-state index contributed by atoms with van der Waals surface area (Å²) in [5.74, 6) is 0.489. The van der Waals surface area contributed by atoms with Crippen molar-refractivity contribution in [1.29, 1.82) is 0 Å². The first kappa shape index (κ1) is 21.7. The van der Waals surface area contributed by atoms with E-state index in [0.29, 0.717) is 40.3 Å². The van der Waals surface area contributed by atoms with Crippen LogP contribution in [0, 0.1) is 0 Å². The van der Waals surface area contributed by atoms with Gasteiger partial charge in [-0.15, -0.1) is 0 Å². The molecule has 2 aromatic rings. The normalized spacial score (nSPS) is 16.1. The predicted octanol–water partition coefficient (Wildman–Crippen LogP) is 3.22. The van der Waals surface area contributed by atoms with Gasteiger partial charge in [-0.25, -0.2) is 9.00 Å². The van der Waals surface area contributed by atoms with Crippen LogP contribution in [0.1, 0.15) is 0 Å². The smallest absolute Gasteiger partial charge is 0.324 e. The van der Waals surface area contributed by atoms with E-state index in [4.69, 9.17) is 32.5 Å². The zero-order valence-corrected chi connectivity index (χ0v) is 17.5. The molecule has 2 amide bonds. The molecule has 1 saturated heterocycles. The molecule has 0 aliphatic carbocycles. The second-order valence-corrected chi connectivity index (χ2v) is 7.84. The lowest BCUT2D eigenvalue weighted by molar-refractivity contribution is 0.0829. The Kier molecular flexibility index (Phi) is 7.20. The maximum Gasteiger partial charge on any atom is 0.324 e. The summed E-state index contributed by atoms with van der Waals surface area (Å²) in [6.07, 6.45) is -0.879. The van der Waals surface area contributed by atoms with Crippen LogP contribution in [-0.4, -0.2) is 57.1 Å². The number of benzene rings is 2. The van der Waals surface area contributed by atoms with Crippen molar-refractivity contribution >= 4 is 51.9 Å². The lowest BCUT2D eigenvalue weighted by Crippen LogP contribution is -2.39. The van der Waals surface area contributed by atoms with Gasteiger partial charge in [0.25, 0.3) is 11.3 Å². The van der Waals surface area contributed by atoms with E-state index in [1.165, 1.54) is 0 Å². The number of urea groups is 1. The van der Waals surface area contributed by atoms with Crippen LogP contribution in [0.4, 0.5) is 16.2 Å². The monoisotopic (exact) mass is 459 g/mol. The van der Waals surface area contributed by atoms with Gasteiger partial charge in [0.15, 0.2) is 0 Å². The van der Waals surface area contributed by atoms with Crippen molar-refractivity contribution in [3.05, 3.63) is 52.5 Å². The van der Waals surface area contributed by atoms with Gasteiger partial charge in [0.05, 0.1) is 16.6 Å². The summed E-state index contributed by atoms with van der Waals surface area (Å²) in [6, 6.07) is 11.1. The Bertz CT molecular complexity index is 900. The number of amides is 2. The highest BCUT2D eigenvalue weighted by molar-refractivity contribution is 7.80. The number of rotatable bonds is 8. The molecule has 0 radical (unpaired) electrons. The third kappa shape index (κ3) is 5.74. The van der Waals surface area contributed by atoms with Gasteiger partial charge in [-0.3, -0.25) is 14.2 Å². The molecule has 1 aliphatic heterocycles. The van der Waals surface area contributed by atoms with Crippen molar-refractivity contribution in [3.63, 3.8) is 0 Å². The third-order valence-corrected chi connectivity index (χ3v) is 5.39. The van der Waals surface area contributed by atoms with Crippen molar-refractivity contribution in [2.45, 2.75) is 6.10 Å². The molecule has 0 bridgehead atoms. The van der Waals surface area contributed by atoms with E-state index in [2.05, 4.69) is 4.72 Å². The summed E-state index contributed by atoms with van der Waals surface area (Å²) in [4.78, 5) is 15.7. The number of nitrogens with one attached hydrogen (secondary N) is 1. The maximum atomic E-state index is 12.6. The summed E-state index contributed by atoms with van der Waals surface area (Å²) < 4.78 is 27.3. The Morgan fingerprint density at radius 3 is 2.52 bits per heavy atom. The molecule has 0 saturated carbocycles. The second kappa shape index (κ2) is 9.64. The topological polar surface area (TPSA) is 102 Å². The summed E-state index contributed by atoms with van der Waals surface area (Å²) in [5, 5.41) is 11.0. The first-order valence-corrected chi connectivity index (χ1v) is 10.5. The average molecular weight is 460 g/mol. The fourth-order valence-electron chi connectivity index (χ4n) is 2.86. The molecule has 29 heavy (non-hydrogen) atoms. The number of aliphatic hydroxyl groups is 1. The molecular formula is C18H19Cl2N3O5S. The molecule has 3 rings (SSSR count). The number of anilines is 2. The van der Waals surface area contributed by atoms with Gasteiger partial charge in [-0.05, 0) is 42.5 Å². The lowest BCUT2D eigenvalue weighted by Gasteiger charge is -2.21. The van der Waals surface area contributed by atoms with Crippen LogP contribution < -0.4 is 14.4 Å². The van der Waals surface area contributed by atoms with Gasteiger partial charge >= 0.3 is 6.03 Å². The van der Waals surface area contributed by atoms with Gasteiger partial charge in [-0.1, -0.05) is 23.2 Å². The first-order chi connectivity index (χ1) is 13.8. The van der Waals surface area contributed by atoms with Crippen molar-refractivity contribution in [2.75, 3.05) is 35.9 Å². The van der Waals surface area contributed by atoms with Crippen LogP contribution in [0.2, 0.25) is 10.0 Å². The Labute approximate surface area is 180 Å². The number of ether oxygens (including phenoxy) is 1. The number of halogens is 2. The van der Waals surface area contributed by atoms with E-state index >= 15 is 0 Å². The Hall–Kier alpha value is -2.04. The molecule has 1 unspecified atom stereocenters. The van der Waals surface area contributed by atoms with E-state index in [9.17, 15) is 14.1 Å². The van der Waals surface area contributed by atoms with Crippen LogP contribution in [0.25, 0.3) is 0 Å². The molecule has 1 heterocycles. The first-order valence-electron chi connectivity index (χ1n) is 8.63. The highest BCUT2D eigenvalue weighted by Gasteiger charge is 2.31. The molecule has 0 aromatic heterocycles. The highest BCUT2D eigenvalue weighted by Crippen LogP contribution is 2.29. The second-order valence-electron chi connectivity index (χ2n) is 6.32. The number of hydrogen-bond donors (Lipinski definition) is 3. The van der Waals surface area contributed by atoms with E-state index in [-0.39, 0.29) is 19.2 Å². The van der Waals surface area contributed by atoms with Crippen LogP contribution in [-0.2, 0) is 11.3 Å². The fraction of sp³-hybridized carbons (Fsp3) is 0.278. The number of carbonyl (C=O) groups excluding carboxylic acids is 1. The van der Waals surface area contributed by atoms with Gasteiger partial charge < -0.3 is 14.7 Å². The van der Waals surface area contributed by atoms with E-state index in [1.807, 2.05) is 0 Å². The quantitative estimate of drug-likeness (QED) is 0.525. The summed E-state index contributed by atoms with van der Waals surface area (Å²) in [6.45, 7) is 1.06. The van der Waals surface area contributed by atoms with Gasteiger partial charge in [0, 0.05) is 24.5 Å². The Morgan fingerprint density at radius 1 is 1.14 bits per heavy atom. The van der Waals surface area contributed by atoms with E-state index in [0.717, 1.165) is 0 Å². The molecule has 11 heteroatoms. The fourth-order valence-corrected chi connectivity index (χ4v) is 3.49. The summed E-state index contributed by atoms with van der Waals surface area (Å²) in [7, 11) is 0. The number of hydrogen-bond acceptors (Lipinski definition) is 4.